The Morgan fingerprint density at radius 1 is 1.15 bits per heavy atom. The first kappa shape index (κ1) is 22.2. The molecule has 0 aliphatic heterocycles. The summed E-state index contributed by atoms with van der Waals surface area (Å²) in [5.41, 5.74) is 0. The van der Waals surface area contributed by atoms with E-state index in [4.69, 9.17) is 9.47 Å². The number of aliphatic hydroxyl groups excluding tert-OH is 1. The molecule has 0 aliphatic rings. The van der Waals surface area contributed by atoms with Gasteiger partial charge in [-0.3, -0.25) is 4.99 Å². The molecule has 0 radical (unpaired) electrons. The topological polar surface area (TPSA) is 75.1 Å². The Hall–Kier alpha value is -1.86. The predicted molar refractivity (Wildman–Crippen MR) is 102 cm³/mol. The molecule has 7 heteroatoms. The molecule has 148 valence electrons. The molecule has 0 saturated heterocycles. The number of halogens is 1. The Balaban J connectivity index is 2.24. The molecule has 0 aliphatic carbocycles. The molecule has 0 spiro atoms. The predicted octanol–water partition coefficient (Wildman–Crippen LogP) is 2.33. The van der Waals surface area contributed by atoms with Crippen molar-refractivity contribution >= 4 is 5.96 Å². The maximum atomic E-state index is 12.8. The zero-order chi connectivity index (χ0) is 19.0. The lowest BCUT2D eigenvalue weighted by Gasteiger charge is -2.14. The van der Waals surface area contributed by atoms with E-state index in [-0.39, 0.29) is 19.0 Å². The van der Waals surface area contributed by atoms with Crippen LogP contribution in [0.15, 0.2) is 29.3 Å². The van der Waals surface area contributed by atoms with Gasteiger partial charge in [-0.1, -0.05) is 13.3 Å². The molecule has 0 bridgehead atoms. The molecule has 3 N–H and O–H groups in total. The first-order valence-corrected chi connectivity index (χ1v) is 9.32. The Bertz CT molecular complexity index is 497. The van der Waals surface area contributed by atoms with Crippen molar-refractivity contribution in [2.75, 3.05) is 39.5 Å². The van der Waals surface area contributed by atoms with E-state index < -0.39 is 6.10 Å². The second-order valence-corrected chi connectivity index (χ2v) is 5.88. The molecule has 1 rings (SSSR count). The van der Waals surface area contributed by atoms with Gasteiger partial charge in [0.25, 0.3) is 0 Å². The van der Waals surface area contributed by atoms with Crippen LogP contribution in [0, 0.1) is 5.82 Å². The molecule has 1 unspecified atom stereocenters. The van der Waals surface area contributed by atoms with E-state index in [2.05, 4.69) is 22.5 Å². The number of nitrogens with one attached hydrogen (secondary N) is 2. The number of hydrogen-bond donors (Lipinski definition) is 3. The number of rotatable bonds is 13. The molecule has 0 aromatic heterocycles. The van der Waals surface area contributed by atoms with Crippen molar-refractivity contribution in [3.63, 3.8) is 0 Å². The van der Waals surface area contributed by atoms with Crippen LogP contribution in [0.4, 0.5) is 4.39 Å². The number of benzene rings is 1. The third kappa shape index (κ3) is 10.9. The average molecular weight is 369 g/mol. The number of guanidine groups is 1. The largest absolute Gasteiger partial charge is 0.491 e. The van der Waals surface area contributed by atoms with Gasteiger partial charge in [-0.25, -0.2) is 4.39 Å². The monoisotopic (exact) mass is 369 g/mol. The van der Waals surface area contributed by atoms with E-state index in [0.29, 0.717) is 11.7 Å². The zero-order valence-corrected chi connectivity index (χ0v) is 15.8. The summed E-state index contributed by atoms with van der Waals surface area (Å²) in [5.74, 6) is 0.851. The van der Waals surface area contributed by atoms with Gasteiger partial charge in [0, 0.05) is 26.3 Å². The summed E-state index contributed by atoms with van der Waals surface area (Å²) in [7, 11) is 0. The molecule has 0 fully saturated rings. The summed E-state index contributed by atoms with van der Waals surface area (Å²) in [5, 5.41) is 16.3. The van der Waals surface area contributed by atoms with Crippen LogP contribution in [0.3, 0.4) is 0 Å². The highest BCUT2D eigenvalue weighted by molar-refractivity contribution is 5.79. The van der Waals surface area contributed by atoms with E-state index in [1.807, 2.05) is 6.92 Å². The number of hydrogen-bond acceptors (Lipinski definition) is 4. The quantitative estimate of drug-likeness (QED) is 0.283. The van der Waals surface area contributed by atoms with Gasteiger partial charge < -0.3 is 25.2 Å². The van der Waals surface area contributed by atoms with E-state index >= 15 is 0 Å². The van der Waals surface area contributed by atoms with Gasteiger partial charge in [-0.15, -0.1) is 0 Å². The minimum atomic E-state index is -0.743. The number of nitrogens with zero attached hydrogens (tertiary/aromatic N) is 1. The van der Waals surface area contributed by atoms with Gasteiger partial charge in [-0.2, -0.15) is 0 Å². The van der Waals surface area contributed by atoms with Crippen molar-refractivity contribution < 1.29 is 19.0 Å². The lowest BCUT2D eigenvalue weighted by Crippen LogP contribution is -2.39. The van der Waals surface area contributed by atoms with Crippen LogP contribution in [0.5, 0.6) is 5.75 Å². The molecule has 1 aromatic rings. The summed E-state index contributed by atoms with van der Waals surface area (Å²) < 4.78 is 23.8. The van der Waals surface area contributed by atoms with Crippen molar-refractivity contribution in [3.8, 4) is 5.75 Å². The Morgan fingerprint density at radius 3 is 2.58 bits per heavy atom. The Labute approximate surface area is 155 Å². The number of unbranched alkanes of at least 4 members (excludes halogenated alkanes) is 1. The fraction of sp³-hybridized carbons (Fsp3) is 0.632. The van der Waals surface area contributed by atoms with Crippen molar-refractivity contribution in [2.45, 2.75) is 39.2 Å². The lowest BCUT2D eigenvalue weighted by molar-refractivity contribution is 0.114. The first-order chi connectivity index (χ1) is 12.7. The van der Waals surface area contributed by atoms with Crippen molar-refractivity contribution in [1.29, 1.82) is 0 Å². The second kappa shape index (κ2) is 14.3. The maximum absolute atomic E-state index is 12.8. The highest BCUT2D eigenvalue weighted by atomic mass is 19.1. The van der Waals surface area contributed by atoms with Gasteiger partial charge in [0.2, 0.25) is 0 Å². The van der Waals surface area contributed by atoms with Crippen LogP contribution < -0.4 is 15.4 Å². The summed E-state index contributed by atoms with van der Waals surface area (Å²) in [6.45, 7) is 7.46. The lowest BCUT2D eigenvalue weighted by atomic mass is 10.3. The molecule has 0 heterocycles. The molecule has 6 nitrogen and oxygen atoms in total. The van der Waals surface area contributed by atoms with Crippen molar-refractivity contribution in [2.24, 2.45) is 4.99 Å². The van der Waals surface area contributed by atoms with Crippen LogP contribution in [-0.2, 0) is 4.74 Å². The normalized spacial score (nSPS) is 12.7. The zero-order valence-electron chi connectivity index (χ0n) is 15.8. The van der Waals surface area contributed by atoms with Gasteiger partial charge in [0.1, 0.15) is 24.3 Å². The molecular weight excluding hydrogens is 337 g/mol. The van der Waals surface area contributed by atoms with Crippen molar-refractivity contribution in [1.82, 2.24) is 10.6 Å². The van der Waals surface area contributed by atoms with E-state index in [1.165, 1.54) is 24.3 Å². The SMILES string of the molecule is CCCCOCCCNC(=NCC(O)COc1ccc(F)cc1)NCC. The van der Waals surface area contributed by atoms with E-state index in [9.17, 15) is 9.50 Å². The van der Waals surface area contributed by atoms with E-state index in [1.54, 1.807) is 0 Å². The smallest absolute Gasteiger partial charge is 0.191 e. The molecule has 0 amide bonds. The van der Waals surface area contributed by atoms with Crippen LogP contribution in [0.25, 0.3) is 0 Å². The Kier molecular flexibility index (Phi) is 12.2. The molecule has 26 heavy (non-hydrogen) atoms. The fourth-order valence-corrected chi connectivity index (χ4v) is 2.04. The maximum Gasteiger partial charge on any atom is 0.191 e. The standard InChI is InChI=1S/C19H32FN3O3/c1-3-5-12-25-13-6-11-22-19(21-4-2)23-14-17(24)15-26-18-9-7-16(20)8-10-18/h7-10,17,24H,3-6,11-15H2,1-2H3,(H2,21,22,23). The molecule has 0 saturated carbocycles. The number of ether oxygens (including phenoxy) is 2. The third-order valence-corrected chi connectivity index (χ3v) is 3.46. The summed E-state index contributed by atoms with van der Waals surface area (Å²) in [6.07, 6.45) is 2.38. The average Bonchev–Trinajstić information content (AvgIpc) is 2.64. The fourth-order valence-electron chi connectivity index (χ4n) is 2.04. The number of aliphatic hydroxyl groups is 1. The minimum Gasteiger partial charge on any atom is -0.491 e. The van der Waals surface area contributed by atoms with Gasteiger partial charge in [0.05, 0.1) is 6.54 Å². The van der Waals surface area contributed by atoms with E-state index in [0.717, 1.165) is 45.6 Å². The molecular formula is C19H32FN3O3. The van der Waals surface area contributed by atoms with Crippen LogP contribution in [-0.4, -0.2) is 56.6 Å². The van der Waals surface area contributed by atoms with Gasteiger partial charge in [0.15, 0.2) is 5.96 Å². The minimum absolute atomic E-state index is 0.0970. The Morgan fingerprint density at radius 2 is 1.88 bits per heavy atom. The molecule has 1 aromatic carbocycles. The molecule has 1 atom stereocenters. The van der Waals surface area contributed by atoms with Crippen LogP contribution in [0.1, 0.15) is 33.1 Å². The van der Waals surface area contributed by atoms with Crippen LogP contribution in [0.2, 0.25) is 0 Å². The number of aliphatic imine (C=N–C) groups is 1. The third-order valence-electron chi connectivity index (χ3n) is 3.46. The van der Waals surface area contributed by atoms with Gasteiger partial charge in [-0.05, 0) is 44.0 Å². The first-order valence-electron chi connectivity index (χ1n) is 9.32. The highest BCUT2D eigenvalue weighted by Crippen LogP contribution is 2.11. The summed E-state index contributed by atoms with van der Waals surface area (Å²) in [4.78, 5) is 4.35. The summed E-state index contributed by atoms with van der Waals surface area (Å²) >= 11 is 0. The van der Waals surface area contributed by atoms with Crippen molar-refractivity contribution in [3.05, 3.63) is 30.1 Å². The van der Waals surface area contributed by atoms with Gasteiger partial charge >= 0.3 is 0 Å². The highest BCUT2D eigenvalue weighted by Gasteiger charge is 2.06. The second-order valence-electron chi connectivity index (χ2n) is 5.88. The summed E-state index contributed by atoms with van der Waals surface area (Å²) in [6, 6.07) is 5.69. The van der Waals surface area contributed by atoms with Crippen LogP contribution >= 0.6 is 0 Å².